The van der Waals surface area contributed by atoms with Gasteiger partial charge in [-0.1, -0.05) is 48.9 Å². The Labute approximate surface area is 100 Å². The van der Waals surface area contributed by atoms with E-state index in [4.69, 9.17) is 11.6 Å². The molecule has 0 spiro atoms. The standard InChI is InChI=1S/C11H13ClO3S/c1-3-16(14,15)11(2,12)10(13)9-7-5-4-6-8-9/h4-8H,3H2,1-2H3/t11-/m0/s1. The van der Waals surface area contributed by atoms with Gasteiger partial charge in [0.1, 0.15) is 0 Å². The van der Waals surface area contributed by atoms with E-state index in [1.807, 2.05) is 0 Å². The zero-order valence-electron chi connectivity index (χ0n) is 9.10. The van der Waals surface area contributed by atoms with E-state index >= 15 is 0 Å². The number of Topliss-reactive ketones (excluding diaryl/α,β-unsaturated/α-hetero) is 1. The highest BCUT2D eigenvalue weighted by Gasteiger charge is 2.43. The first-order chi connectivity index (χ1) is 7.33. The lowest BCUT2D eigenvalue weighted by Crippen LogP contribution is -2.39. The van der Waals surface area contributed by atoms with Gasteiger partial charge >= 0.3 is 0 Å². The van der Waals surface area contributed by atoms with Gasteiger partial charge in [-0.2, -0.15) is 0 Å². The number of benzene rings is 1. The van der Waals surface area contributed by atoms with Gasteiger partial charge in [-0.05, 0) is 6.92 Å². The van der Waals surface area contributed by atoms with Gasteiger partial charge in [-0.15, -0.1) is 0 Å². The Morgan fingerprint density at radius 2 is 1.81 bits per heavy atom. The molecular weight excluding hydrogens is 248 g/mol. The summed E-state index contributed by atoms with van der Waals surface area (Å²) >= 11 is 5.88. The van der Waals surface area contributed by atoms with E-state index < -0.39 is 19.8 Å². The Morgan fingerprint density at radius 3 is 2.25 bits per heavy atom. The zero-order chi connectivity index (χ0) is 12.4. The molecule has 0 saturated carbocycles. The van der Waals surface area contributed by atoms with Crippen LogP contribution in [-0.2, 0) is 9.84 Å². The molecule has 0 heterocycles. The summed E-state index contributed by atoms with van der Waals surface area (Å²) in [5, 5.41) is 0. The van der Waals surface area contributed by atoms with Crippen LogP contribution in [0.4, 0.5) is 0 Å². The predicted molar refractivity (Wildman–Crippen MR) is 64.5 cm³/mol. The van der Waals surface area contributed by atoms with Gasteiger partial charge in [0.15, 0.2) is 15.6 Å². The fourth-order valence-corrected chi connectivity index (χ4v) is 2.64. The third kappa shape index (κ3) is 2.28. The number of sulfone groups is 1. The first kappa shape index (κ1) is 13.2. The second-order valence-electron chi connectivity index (χ2n) is 3.52. The largest absolute Gasteiger partial charge is 0.291 e. The molecule has 1 aromatic rings. The highest BCUT2D eigenvalue weighted by molar-refractivity contribution is 7.95. The molecule has 0 unspecified atom stereocenters. The Hall–Kier alpha value is -0.870. The first-order valence-electron chi connectivity index (χ1n) is 4.84. The van der Waals surface area contributed by atoms with E-state index in [1.165, 1.54) is 13.8 Å². The summed E-state index contributed by atoms with van der Waals surface area (Å²) in [5.74, 6) is -0.748. The number of ketones is 1. The highest BCUT2D eigenvalue weighted by atomic mass is 35.5. The molecule has 1 rings (SSSR count). The fraction of sp³-hybridized carbons (Fsp3) is 0.364. The minimum Gasteiger partial charge on any atom is -0.291 e. The maximum atomic E-state index is 12.0. The number of halogens is 1. The number of hydrogen-bond acceptors (Lipinski definition) is 3. The second kappa shape index (κ2) is 4.55. The van der Waals surface area contributed by atoms with Crippen LogP contribution in [0.15, 0.2) is 30.3 Å². The van der Waals surface area contributed by atoms with Gasteiger partial charge in [0, 0.05) is 11.3 Å². The number of rotatable bonds is 4. The summed E-state index contributed by atoms with van der Waals surface area (Å²) in [6, 6.07) is 8.18. The molecule has 0 bridgehead atoms. The van der Waals surface area contributed by atoms with Crippen LogP contribution in [0.3, 0.4) is 0 Å². The number of carbonyl (C=O) groups is 1. The zero-order valence-corrected chi connectivity index (χ0v) is 10.7. The lowest BCUT2D eigenvalue weighted by atomic mass is 10.1. The molecule has 0 aliphatic carbocycles. The molecule has 88 valence electrons. The van der Waals surface area contributed by atoms with E-state index in [0.29, 0.717) is 5.56 Å². The Bertz CT molecular complexity index is 477. The van der Waals surface area contributed by atoms with Crippen molar-refractivity contribution < 1.29 is 13.2 Å². The van der Waals surface area contributed by atoms with E-state index in [9.17, 15) is 13.2 Å². The van der Waals surface area contributed by atoms with Crippen molar-refractivity contribution in [2.75, 3.05) is 5.75 Å². The summed E-state index contributed by atoms with van der Waals surface area (Å²) < 4.78 is 21.5. The maximum absolute atomic E-state index is 12.0. The summed E-state index contributed by atoms with van der Waals surface area (Å²) in [6.07, 6.45) is 0. The SMILES string of the molecule is CCS(=O)(=O)[C@](C)(Cl)C(=O)c1ccccc1. The van der Waals surface area contributed by atoms with Crippen LogP contribution >= 0.6 is 11.6 Å². The summed E-state index contributed by atoms with van der Waals surface area (Å²) in [4.78, 5) is 12.0. The smallest absolute Gasteiger partial charge is 0.205 e. The van der Waals surface area contributed by atoms with Gasteiger partial charge in [-0.25, -0.2) is 8.42 Å². The Balaban J connectivity index is 3.17. The average molecular weight is 261 g/mol. The molecule has 0 aromatic heterocycles. The van der Waals surface area contributed by atoms with Gasteiger partial charge in [-0.3, -0.25) is 4.79 Å². The Kier molecular flexibility index (Phi) is 3.76. The minimum absolute atomic E-state index is 0.161. The molecule has 0 saturated heterocycles. The van der Waals surface area contributed by atoms with Crippen molar-refractivity contribution in [2.45, 2.75) is 18.1 Å². The maximum Gasteiger partial charge on any atom is 0.205 e. The summed E-state index contributed by atoms with van der Waals surface area (Å²) in [6.45, 7) is 2.69. The fourth-order valence-electron chi connectivity index (χ4n) is 1.26. The van der Waals surface area contributed by atoms with Crippen molar-refractivity contribution in [1.29, 1.82) is 0 Å². The molecule has 0 aliphatic rings. The predicted octanol–water partition coefficient (Wildman–Crippen LogP) is 2.26. The van der Waals surface area contributed by atoms with Crippen LogP contribution in [0.5, 0.6) is 0 Å². The lowest BCUT2D eigenvalue weighted by molar-refractivity contribution is 0.0978. The molecule has 1 atom stereocenters. The topological polar surface area (TPSA) is 51.2 Å². The molecule has 5 heteroatoms. The van der Waals surface area contributed by atoms with Crippen molar-refractivity contribution in [1.82, 2.24) is 0 Å². The molecule has 16 heavy (non-hydrogen) atoms. The van der Waals surface area contributed by atoms with Crippen LogP contribution in [0, 0.1) is 0 Å². The molecule has 1 aromatic carbocycles. The van der Waals surface area contributed by atoms with Crippen molar-refractivity contribution in [3.05, 3.63) is 35.9 Å². The Morgan fingerprint density at radius 1 is 1.31 bits per heavy atom. The normalized spacial score (nSPS) is 15.4. The van der Waals surface area contributed by atoms with Crippen molar-refractivity contribution >= 4 is 27.2 Å². The summed E-state index contributed by atoms with van der Waals surface area (Å²) in [5.41, 5.74) is 0.303. The number of hydrogen-bond donors (Lipinski definition) is 0. The monoisotopic (exact) mass is 260 g/mol. The first-order valence-corrected chi connectivity index (χ1v) is 6.87. The van der Waals surface area contributed by atoms with Crippen LogP contribution < -0.4 is 0 Å². The quantitative estimate of drug-likeness (QED) is 0.616. The van der Waals surface area contributed by atoms with E-state index in [1.54, 1.807) is 30.3 Å². The van der Waals surface area contributed by atoms with E-state index in [-0.39, 0.29) is 5.75 Å². The molecule has 3 nitrogen and oxygen atoms in total. The third-order valence-corrected chi connectivity index (χ3v) is 5.40. The lowest BCUT2D eigenvalue weighted by Gasteiger charge is -2.19. The van der Waals surface area contributed by atoms with Gasteiger partial charge < -0.3 is 0 Å². The van der Waals surface area contributed by atoms with Crippen LogP contribution in [0.25, 0.3) is 0 Å². The van der Waals surface area contributed by atoms with Gasteiger partial charge in [0.25, 0.3) is 0 Å². The van der Waals surface area contributed by atoms with Crippen molar-refractivity contribution in [2.24, 2.45) is 0 Å². The van der Waals surface area contributed by atoms with Crippen molar-refractivity contribution in [3.63, 3.8) is 0 Å². The molecule has 0 fully saturated rings. The highest BCUT2D eigenvalue weighted by Crippen LogP contribution is 2.27. The van der Waals surface area contributed by atoms with E-state index in [0.717, 1.165) is 0 Å². The minimum atomic E-state index is -3.63. The summed E-state index contributed by atoms with van der Waals surface area (Å²) in [7, 11) is -3.63. The van der Waals surface area contributed by atoms with Gasteiger partial charge in [0.05, 0.1) is 0 Å². The third-order valence-electron chi connectivity index (χ3n) is 2.41. The molecule has 0 amide bonds. The second-order valence-corrected chi connectivity index (χ2v) is 7.12. The van der Waals surface area contributed by atoms with Crippen LogP contribution in [-0.4, -0.2) is 24.2 Å². The van der Waals surface area contributed by atoms with Crippen LogP contribution in [0.1, 0.15) is 24.2 Å². The molecule has 0 aliphatic heterocycles. The van der Waals surface area contributed by atoms with E-state index in [2.05, 4.69) is 0 Å². The average Bonchev–Trinajstić information content (AvgIpc) is 2.29. The number of alkyl halides is 1. The van der Waals surface area contributed by atoms with Gasteiger partial charge in [0.2, 0.25) is 4.21 Å². The molecule has 0 radical (unpaired) electrons. The molecular formula is C11H13ClO3S. The number of carbonyl (C=O) groups excluding carboxylic acids is 1. The molecule has 0 N–H and O–H groups in total. The van der Waals surface area contributed by atoms with Crippen molar-refractivity contribution in [3.8, 4) is 0 Å². The van der Waals surface area contributed by atoms with Crippen LogP contribution in [0.2, 0.25) is 0 Å².